The maximum atomic E-state index is 9.78. The van der Waals surface area contributed by atoms with Crippen molar-refractivity contribution in [3.8, 4) is 0 Å². The van der Waals surface area contributed by atoms with Gasteiger partial charge in [0, 0.05) is 18.7 Å². The summed E-state index contributed by atoms with van der Waals surface area (Å²) < 4.78 is 0. The minimum absolute atomic E-state index is 0.0506. The fourth-order valence-corrected chi connectivity index (χ4v) is 4.27. The minimum atomic E-state index is -0.0675. The van der Waals surface area contributed by atoms with Crippen LogP contribution in [0.1, 0.15) is 35.6 Å². The lowest BCUT2D eigenvalue weighted by Crippen LogP contribution is -2.42. The van der Waals surface area contributed by atoms with Gasteiger partial charge in [-0.05, 0) is 56.9 Å². The maximum absolute atomic E-state index is 9.78. The van der Waals surface area contributed by atoms with Gasteiger partial charge in [0.15, 0.2) is 0 Å². The van der Waals surface area contributed by atoms with E-state index in [1.165, 1.54) is 16.8 Å². The number of nitrogens with one attached hydrogen (secondary N) is 1. The third-order valence-corrected chi connectivity index (χ3v) is 5.46. The highest BCUT2D eigenvalue weighted by atomic mass is 16.3. The van der Waals surface area contributed by atoms with Crippen molar-refractivity contribution in [3.63, 3.8) is 0 Å². The molecule has 0 saturated carbocycles. The summed E-state index contributed by atoms with van der Waals surface area (Å²) in [6, 6.07) is 12.5. The molecule has 1 heterocycles. The first-order valence-corrected chi connectivity index (χ1v) is 9.27. The third kappa shape index (κ3) is 2.88. The van der Waals surface area contributed by atoms with Gasteiger partial charge in [-0.3, -0.25) is 5.41 Å². The average molecular weight is 351 g/mol. The molecular weight excluding hydrogens is 322 g/mol. The summed E-state index contributed by atoms with van der Waals surface area (Å²) >= 11 is 0. The number of benzene rings is 2. The van der Waals surface area contributed by atoms with E-state index in [0.29, 0.717) is 12.3 Å². The third-order valence-electron chi connectivity index (χ3n) is 5.46. The summed E-state index contributed by atoms with van der Waals surface area (Å²) in [6.45, 7) is 10.6. The summed E-state index contributed by atoms with van der Waals surface area (Å²) in [7, 11) is 0. The van der Waals surface area contributed by atoms with E-state index < -0.39 is 0 Å². The predicted molar refractivity (Wildman–Crippen MR) is 109 cm³/mol. The predicted octanol–water partition coefficient (Wildman–Crippen LogP) is 4.32. The van der Waals surface area contributed by atoms with Gasteiger partial charge in [-0.2, -0.15) is 0 Å². The number of amidine groups is 1. The van der Waals surface area contributed by atoms with E-state index in [9.17, 15) is 5.11 Å². The zero-order chi connectivity index (χ0) is 19.0. The molecule has 2 aromatic carbocycles. The number of aryl methyl sites for hydroxylation is 4. The van der Waals surface area contributed by atoms with Crippen LogP contribution in [0.3, 0.4) is 0 Å². The molecule has 0 amide bonds. The molecular formula is C22H29N3O. The normalized spacial score (nSPS) is 20.2. The van der Waals surface area contributed by atoms with Crippen molar-refractivity contribution in [2.45, 2.75) is 53.2 Å². The number of rotatable bonds is 4. The lowest BCUT2D eigenvalue weighted by molar-refractivity contribution is 0.276. The smallest absolute Gasteiger partial charge is 0.125 e. The molecule has 1 fully saturated rings. The number of aliphatic hydroxyl groups excluding tert-OH is 1. The average Bonchev–Trinajstić information content (AvgIpc) is 2.81. The van der Waals surface area contributed by atoms with Crippen molar-refractivity contribution in [1.29, 1.82) is 5.41 Å². The van der Waals surface area contributed by atoms with E-state index >= 15 is 0 Å². The van der Waals surface area contributed by atoms with Gasteiger partial charge in [0.2, 0.25) is 0 Å². The van der Waals surface area contributed by atoms with Crippen LogP contribution in [0.2, 0.25) is 0 Å². The molecule has 26 heavy (non-hydrogen) atoms. The van der Waals surface area contributed by atoms with Gasteiger partial charge in [-0.1, -0.05) is 36.4 Å². The Morgan fingerprint density at radius 3 is 1.81 bits per heavy atom. The van der Waals surface area contributed by atoms with Gasteiger partial charge < -0.3 is 14.9 Å². The van der Waals surface area contributed by atoms with Gasteiger partial charge >= 0.3 is 0 Å². The van der Waals surface area contributed by atoms with Crippen LogP contribution in [-0.2, 0) is 0 Å². The molecule has 1 saturated heterocycles. The standard InChI is InChI=1S/C22H29N3O/c1-14-8-6-9-15(2)20(14)24-18(5)22(23)25(19(24)12-13-26)21-16(3)10-7-11-17(21)4/h6-11,18-19,23,26H,12-13H2,1-5H3. The van der Waals surface area contributed by atoms with Crippen LogP contribution in [0.4, 0.5) is 11.4 Å². The molecule has 0 spiro atoms. The molecule has 1 aliphatic rings. The molecule has 0 aromatic heterocycles. The Kier molecular flexibility index (Phi) is 5.05. The van der Waals surface area contributed by atoms with Crippen LogP contribution in [0.5, 0.6) is 0 Å². The molecule has 2 unspecified atom stereocenters. The Labute approximate surface area is 156 Å². The molecule has 0 aliphatic carbocycles. The number of para-hydroxylation sites is 2. The molecule has 0 bridgehead atoms. The van der Waals surface area contributed by atoms with Crippen LogP contribution in [0, 0.1) is 33.1 Å². The Morgan fingerprint density at radius 2 is 1.35 bits per heavy atom. The van der Waals surface area contributed by atoms with Crippen LogP contribution in [0.25, 0.3) is 0 Å². The zero-order valence-electron chi connectivity index (χ0n) is 16.4. The second-order valence-electron chi connectivity index (χ2n) is 7.31. The van der Waals surface area contributed by atoms with E-state index in [1.807, 2.05) is 0 Å². The fraction of sp³-hybridized carbons (Fsp3) is 0.409. The van der Waals surface area contributed by atoms with Crippen molar-refractivity contribution in [2.75, 3.05) is 16.4 Å². The molecule has 4 nitrogen and oxygen atoms in total. The number of hydrogen-bond donors (Lipinski definition) is 2. The molecule has 0 radical (unpaired) electrons. The van der Waals surface area contributed by atoms with Crippen LogP contribution in [0.15, 0.2) is 36.4 Å². The van der Waals surface area contributed by atoms with E-state index in [1.54, 1.807) is 0 Å². The van der Waals surface area contributed by atoms with Gasteiger partial charge in [0.1, 0.15) is 12.0 Å². The first-order chi connectivity index (χ1) is 12.4. The van der Waals surface area contributed by atoms with E-state index in [-0.39, 0.29) is 18.8 Å². The second-order valence-corrected chi connectivity index (χ2v) is 7.31. The first kappa shape index (κ1) is 18.5. The van der Waals surface area contributed by atoms with E-state index in [4.69, 9.17) is 5.41 Å². The first-order valence-electron chi connectivity index (χ1n) is 9.27. The van der Waals surface area contributed by atoms with Crippen molar-refractivity contribution in [1.82, 2.24) is 0 Å². The van der Waals surface area contributed by atoms with Crippen molar-refractivity contribution in [2.24, 2.45) is 0 Å². The highest BCUT2D eigenvalue weighted by Gasteiger charge is 2.43. The van der Waals surface area contributed by atoms with Crippen molar-refractivity contribution >= 4 is 17.2 Å². The summed E-state index contributed by atoms with van der Waals surface area (Å²) in [5, 5.41) is 18.7. The quantitative estimate of drug-likeness (QED) is 0.862. The van der Waals surface area contributed by atoms with Crippen molar-refractivity contribution < 1.29 is 5.11 Å². The highest BCUT2D eigenvalue weighted by molar-refractivity contribution is 6.06. The zero-order valence-corrected chi connectivity index (χ0v) is 16.4. The molecule has 4 heteroatoms. The lowest BCUT2D eigenvalue weighted by atomic mass is 10.1. The molecule has 2 atom stereocenters. The summed E-state index contributed by atoms with van der Waals surface area (Å²) in [4.78, 5) is 4.44. The fourth-order valence-electron chi connectivity index (χ4n) is 4.27. The van der Waals surface area contributed by atoms with Crippen LogP contribution in [-0.4, -0.2) is 29.8 Å². The SMILES string of the molecule is Cc1cccc(C)c1N1C(=N)C(C)N(c2c(C)cccc2C)C1CCO. The van der Waals surface area contributed by atoms with Gasteiger partial charge in [0.05, 0.1) is 11.7 Å². The summed E-state index contributed by atoms with van der Waals surface area (Å²) in [5.74, 6) is 0.587. The molecule has 1 aliphatic heterocycles. The number of aliphatic hydroxyl groups is 1. The Hall–Kier alpha value is -2.33. The molecule has 138 valence electrons. The topological polar surface area (TPSA) is 50.6 Å². The van der Waals surface area contributed by atoms with Gasteiger partial charge in [-0.15, -0.1) is 0 Å². The number of hydrogen-bond acceptors (Lipinski definition) is 3. The highest BCUT2D eigenvalue weighted by Crippen LogP contribution is 2.39. The lowest BCUT2D eigenvalue weighted by Gasteiger charge is -2.35. The Morgan fingerprint density at radius 1 is 0.885 bits per heavy atom. The van der Waals surface area contributed by atoms with Gasteiger partial charge in [0.25, 0.3) is 0 Å². The van der Waals surface area contributed by atoms with Crippen molar-refractivity contribution in [3.05, 3.63) is 58.7 Å². The Bertz CT molecular complexity index is 790. The summed E-state index contributed by atoms with van der Waals surface area (Å²) in [6.07, 6.45) is 0.524. The number of nitrogens with zero attached hydrogens (tertiary/aromatic N) is 2. The maximum Gasteiger partial charge on any atom is 0.125 e. The second kappa shape index (κ2) is 7.12. The molecule has 2 aromatic rings. The number of anilines is 2. The largest absolute Gasteiger partial charge is 0.396 e. The monoisotopic (exact) mass is 351 g/mol. The van der Waals surface area contributed by atoms with E-state index in [2.05, 4.69) is 80.8 Å². The van der Waals surface area contributed by atoms with Crippen LogP contribution >= 0.6 is 0 Å². The molecule has 3 rings (SSSR count). The van der Waals surface area contributed by atoms with Gasteiger partial charge in [-0.25, -0.2) is 0 Å². The Balaban J connectivity index is 2.18. The summed E-state index contributed by atoms with van der Waals surface area (Å²) in [5.41, 5.74) is 7.00. The van der Waals surface area contributed by atoms with E-state index in [0.717, 1.165) is 16.8 Å². The molecule has 2 N–H and O–H groups in total. The minimum Gasteiger partial charge on any atom is -0.396 e. The van der Waals surface area contributed by atoms with Crippen LogP contribution < -0.4 is 9.80 Å².